The monoisotopic (exact) mass is 757 g/mol. The lowest BCUT2D eigenvalue weighted by Crippen LogP contribution is -2.76. The smallest absolute Gasteiger partial charge is 0.334 e. The van der Waals surface area contributed by atoms with E-state index in [-0.39, 0.29) is 32.7 Å². The molecule has 0 aliphatic carbocycles. The molecule has 4 amide bonds. The number of halogens is 2. The molecule has 4 aliphatic rings. The summed E-state index contributed by atoms with van der Waals surface area (Å²) in [6, 6.07) is 15.6. The van der Waals surface area contributed by atoms with Gasteiger partial charge in [-0.25, -0.2) is 28.6 Å². The SMILES string of the molecule is C=CCN1CC(=O)N2[C@@H](Cc3c(F)cc(O)cc3F)C(=O)N(Cc3cccc(N4CC(N5CCN(CC)[C@H](C)C5)C4)n3)C[C@@H]2N1C(=O)NCc1ccccc1. The number of aromatic hydroxyl groups is 1. The number of aromatic nitrogens is 1. The Hall–Kier alpha value is -5.12. The molecule has 0 spiro atoms. The summed E-state index contributed by atoms with van der Waals surface area (Å²) in [6.45, 7) is 14.2. The molecule has 292 valence electrons. The van der Waals surface area contributed by atoms with Crippen molar-refractivity contribution in [3.05, 3.63) is 102 Å². The zero-order valence-electron chi connectivity index (χ0n) is 31.4. The van der Waals surface area contributed by atoms with Gasteiger partial charge in [-0.2, -0.15) is 0 Å². The first kappa shape index (κ1) is 38.2. The molecule has 15 heteroatoms. The molecule has 1 aromatic heterocycles. The van der Waals surface area contributed by atoms with E-state index in [0.29, 0.717) is 17.8 Å². The summed E-state index contributed by atoms with van der Waals surface area (Å²) in [4.78, 5) is 57.4. The summed E-state index contributed by atoms with van der Waals surface area (Å²) >= 11 is 0. The Balaban J connectivity index is 1.15. The summed E-state index contributed by atoms with van der Waals surface area (Å²) in [6.07, 6.45) is 0.0501. The summed E-state index contributed by atoms with van der Waals surface area (Å²) in [5.74, 6) is -2.91. The van der Waals surface area contributed by atoms with E-state index >= 15 is 8.78 Å². The van der Waals surface area contributed by atoms with Gasteiger partial charge < -0.3 is 25.1 Å². The molecule has 2 aromatic carbocycles. The molecule has 7 rings (SSSR count). The number of phenols is 1. The number of likely N-dealkylation sites (N-methyl/N-ethyl adjacent to an activating group) is 1. The van der Waals surface area contributed by atoms with Crippen LogP contribution in [0.25, 0.3) is 0 Å². The summed E-state index contributed by atoms with van der Waals surface area (Å²) in [5.41, 5.74) is 1.01. The third-order valence-electron chi connectivity index (χ3n) is 11.2. The molecular weight excluding hydrogens is 708 g/mol. The number of carbonyl (C=O) groups excluding carboxylic acids is 3. The van der Waals surface area contributed by atoms with Crippen molar-refractivity contribution < 1.29 is 28.3 Å². The number of hydrogen-bond acceptors (Lipinski definition) is 9. The lowest BCUT2D eigenvalue weighted by atomic mass is 9.97. The van der Waals surface area contributed by atoms with Gasteiger partial charge in [0.05, 0.1) is 25.3 Å². The second-order valence-corrected chi connectivity index (χ2v) is 14.8. The van der Waals surface area contributed by atoms with Crippen molar-refractivity contribution in [2.24, 2.45) is 0 Å². The number of rotatable bonds is 11. The Morgan fingerprint density at radius 3 is 2.45 bits per heavy atom. The first-order valence-corrected chi connectivity index (χ1v) is 19.0. The zero-order valence-corrected chi connectivity index (χ0v) is 31.4. The van der Waals surface area contributed by atoms with Gasteiger partial charge in [0.15, 0.2) is 0 Å². The van der Waals surface area contributed by atoms with Crippen LogP contribution >= 0.6 is 0 Å². The maximum absolute atomic E-state index is 15.2. The van der Waals surface area contributed by atoms with E-state index in [1.807, 2.05) is 48.5 Å². The van der Waals surface area contributed by atoms with E-state index in [1.54, 1.807) is 11.1 Å². The maximum Gasteiger partial charge on any atom is 0.334 e. The molecule has 0 radical (unpaired) electrons. The number of phenolic OH excluding ortho intramolecular Hbond substituents is 1. The van der Waals surface area contributed by atoms with Crippen molar-refractivity contribution in [3.63, 3.8) is 0 Å². The van der Waals surface area contributed by atoms with Crippen LogP contribution in [0.1, 0.15) is 30.7 Å². The van der Waals surface area contributed by atoms with E-state index in [2.05, 4.69) is 40.4 Å². The minimum absolute atomic E-state index is 0.0386. The number of amides is 4. The zero-order chi connectivity index (χ0) is 38.8. The Morgan fingerprint density at radius 2 is 1.76 bits per heavy atom. The number of carbonyl (C=O) groups is 3. The van der Waals surface area contributed by atoms with E-state index in [9.17, 15) is 19.5 Å². The molecule has 5 heterocycles. The van der Waals surface area contributed by atoms with E-state index < -0.39 is 59.4 Å². The van der Waals surface area contributed by atoms with Crippen molar-refractivity contribution in [3.8, 4) is 5.75 Å². The van der Waals surface area contributed by atoms with Gasteiger partial charge in [0.1, 0.15) is 35.4 Å². The number of urea groups is 1. The number of pyridine rings is 1. The summed E-state index contributed by atoms with van der Waals surface area (Å²) in [5, 5.41) is 15.7. The van der Waals surface area contributed by atoms with Crippen molar-refractivity contribution in [1.82, 2.24) is 39.9 Å². The molecule has 3 atom stereocenters. The number of piperazine rings is 2. The van der Waals surface area contributed by atoms with E-state index in [4.69, 9.17) is 4.98 Å². The average molecular weight is 758 g/mol. The molecule has 0 saturated carbocycles. The minimum atomic E-state index is -1.36. The van der Waals surface area contributed by atoms with Crippen molar-refractivity contribution in [1.29, 1.82) is 0 Å². The van der Waals surface area contributed by atoms with Crippen LogP contribution in [-0.4, -0.2) is 141 Å². The second-order valence-electron chi connectivity index (χ2n) is 14.8. The minimum Gasteiger partial charge on any atom is -0.508 e. The van der Waals surface area contributed by atoms with Gasteiger partial charge in [-0.05, 0) is 31.2 Å². The third kappa shape index (κ3) is 8.00. The lowest BCUT2D eigenvalue weighted by molar-refractivity contribution is -0.189. The molecule has 2 N–H and O–H groups in total. The molecule has 4 saturated heterocycles. The predicted octanol–water partition coefficient (Wildman–Crippen LogP) is 3.02. The summed E-state index contributed by atoms with van der Waals surface area (Å²) in [7, 11) is 0. The first-order valence-electron chi connectivity index (χ1n) is 19.0. The Morgan fingerprint density at radius 1 is 1.02 bits per heavy atom. The predicted molar refractivity (Wildman–Crippen MR) is 202 cm³/mol. The highest BCUT2D eigenvalue weighted by atomic mass is 19.1. The molecule has 13 nitrogen and oxygen atoms in total. The van der Waals surface area contributed by atoms with Crippen LogP contribution in [-0.2, 0) is 29.1 Å². The van der Waals surface area contributed by atoms with Gasteiger partial charge in [0.2, 0.25) is 11.8 Å². The van der Waals surface area contributed by atoms with Crippen LogP contribution in [0, 0.1) is 11.6 Å². The summed E-state index contributed by atoms with van der Waals surface area (Å²) < 4.78 is 30.4. The standard InChI is InChI=1S/C40H49F2N9O4/c1-4-14-49-26-38(53)50-35(19-32-33(41)17-31(52)18-34(32)42)39(54)48(25-37(50)51(49)40(55)43-20-28-10-7-6-8-11-28)22-29-12-9-13-36(44-29)47-23-30(24-47)46-16-15-45(5-2)27(3)21-46/h4,6-13,17-18,27,30,35,37,52H,1,5,14-16,19-26H2,2-3H3,(H,43,55)/t27-,35+,37+/m1/s1. The van der Waals surface area contributed by atoms with Crippen molar-refractivity contribution >= 4 is 23.7 Å². The van der Waals surface area contributed by atoms with Crippen LogP contribution in [0.15, 0.2) is 73.3 Å². The first-order chi connectivity index (χ1) is 26.5. The van der Waals surface area contributed by atoms with Crippen LogP contribution in [0.3, 0.4) is 0 Å². The van der Waals surface area contributed by atoms with Crippen molar-refractivity contribution in [2.45, 2.75) is 57.6 Å². The highest BCUT2D eigenvalue weighted by Gasteiger charge is 2.51. The molecule has 4 fully saturated rings. The van der Waals surface area contributed by atoms with E-state index in [1.165, 1.54) is 14.8 Å². The fourth-order valence-corrected chi connectivity index (χ4v) is 8.30. The topological polar surface area (TPSA) is 119 Å². The molecular formula is C40H49F2N9O4. The number of hydrazine groups is 1. The van der Waals surface area contributed by atoms with E-state index in [0.717, 1.165) is 62.8 Å². The highest BCUT2D eigenvalue weighted by molar-refractivity contribution is 5.91. The molecule has 55 heavy (non-hydrogen) atoms. The number of nitrogens with zero attached hydrogens (tertiary/aromatic N) is 8. The van der Waals surface area contributed by atoms with Gasteiger partial charge in [0, 0.05) is 82.0 Å². The Labute approximate surface area is 320 Å². The highest BCUT2D eigenvalue weighted by Crippen LogP contribution is 2.32. The van der Waals surface area contributed by atoms with Crippen LogP contribution in [0.4, 0.5) is 19.4 Å². The van der Waals surface area contributed by atoms with Crippen LogP contribution in [0.2, 0.25) is 0 Å². The molecule has 3 aromatic rings. The van der Waals surface area contributed by atoms with Crippen molar-refractivity contribution in [2.75, 3.05) is 63.8 Å². The largest absolute Gasteiger partial charge is 0.508 e. The second kappa shape index (κ2) is 16.3. The van der Waals surface area contributed by atoms with Crippen LogP contribution < -0.4 is 10.2 Å². The normalized spacial score (nSPS) is 22.8. The molecule has 0 unspecified atom stereocenters. The maximum atomic E-state index is 15.2. The lowest BCUT2D eigenvalue weighted by Gasteiger charge is -2.55. The molecule has 4 aliphatic heterocycles. The number of benzene rings is 2. The number of nitrogens with one attached hydrogen (secondary N) is 1. The molecule has 0 bridgehead atoms. The fourth-order valence-electron chi connectivity index (χ4n) is 8.30. The Bertz CT molecular complexity index is 1870. The van der Waals surface area contributed by atoms with Gasteiger partial charge in [-0.15, -0.1) is 6.58 Å². The third-order valence-corrected chi connectivity index (χ3v) is 11.2. The number of fused-ring (bicyclic) bond motifs is 1. The quantitative estimate of drug-likeness (QED) is 0.285. The number of hydrogen-bond donors (Lipinski definition) is 2. The fraction of sp³-hybridized carbons (Fsp3) is 0.450. The van der Waals surface area contributed by atoms with Gasteiger partial charge >= 0.3 is 6.03 Å². The van der Waals surface area contributed by atoms with Gasteiger partial charge in [-0.3, -0.25) is 19.4 Å². The number of anilines is 1. The van der Waals surface area contributed by atoms with Crippen LogP contribution in [0.5, 0.6) is 5.75 Å². The average Bonchev–Trinajstić information content (AvgIpc) is 3.13. The van der Waals surface area contributed by atoms with Gasteiger partial charge in [0.25, 0.3) is 0 Å². The van der Waals surface area contributed by atoms with Gasteiger partial charge in [-0.1, -0.05) is 49.4 Å². The Kier molecular flexibility index (Phi) is 11.3.